The van der Waals surface area contributed by atoms with Crippen molar-refractivity contribution in [2.45, 2.75) is 38.6 Å². The van der Waals surface area contributed by atoms with Crippen molar-refractivity contribution in [1.29, 1.82) is 0 Å². The summed E-state index contributed by atoms with van der Waals surface area (Å²) in [5.74, 6) is 0.890. The SMILES string of the molecule is O=C(Cn1ccc2cccc(Br)c21)NCCNCC1CCCCC1. The third-order valence-corrected chi connectivity index (χ3v) is 5.47. The van der Waals surface area contributed by atoms with Gasteiger partial charge in [0.25, 0.3) is 0 Å². The Hall–Kier alpha value is -1.33. The van der Waals surface area contributed by atoms with Crippen LogP contribution < -0.4 is 10.6 Å². The van der Waals surface area contributed by atoms with Crippen LogP contribution in [-0.4, -0.2) is 30.1 Å². The van der Waals surface area contributed by atoms with Crippen molar-refractivity contribution in [2.24, 2.45) is 5.92 Å². The van der Waals surface area contributed by atoms with Gasteiger partial charge in [-0.1, -0.05) is 31.4 Å². The third kappa shape index (κ3) is 4.61. The van der Waals surface area contributed by atoms with Gasteiger partial charge >= 0.3 is 0 Å². The molecule has 1 aliphatic carbocycles. The van der Waals surface area contributed by atoms with Crippen molar-refractivity contribution in [2.75, 3.05) is 19.6 Å². The van der Waals surface area contributed by atoms with Crippen LogP contribution in [0.25, 0.3) is 10.9 Å². The van der Waals surface area contributed by atoms with Crippen molar-refractivity contribution in [3.63, 3.8) is 0 Å². The Morgan fingerprint density at radius 3 is 2.83 bits per heavy atom. The predicted molar refractivity (Wildman–Crippen MR) is 102 cm³/mol. The standard InChI is InChI=1S/C19H26BrN3O/c20-17-8-4-7-16-9-12-23(19(16)17)14-18(24)22-11-10-21-13-15-5-2-1-3-6-15/h4,7-9,12,15,21H,1-3,5-6,10-11,13-14H2,(H,22,24). The smallest absolute Gasteiger partial charge is 0.239 e. The van der Waals surface area contributed by atoms with E-state index in [2.05, 4.69) is 32.6 Å². The van der Waals surface area contributed by atoms with Crippen molar-refractivity contribution in [3.05, 3.63) is 34.9 Å². The molecule has 2 N–H and O–H groups in total. The van der Waals surface area contributed by atoms with Crippen LogP contribution in [0.15, 0.2) is 34.9 Å². The summed E-state index contributed by atoms with van der Waals surface area (Å²) >= 11 is 3.57. The monoisotopic (exact) mass is 391 g/mol. The first kappa shape index (κ1) is 17.5. The number of halogens is 1. The summed E-state index contributed by atoms with van der Waals surface area (Å²) in [5.41, 5.74) is 1.07. The summed E-state index contributed by atoms with van der Waals surface area (Å²) in [5, 5.41) is 7.63. The van der Waals surface area contributed by atoms with E-state index in [1.165, 1.54) is 32.1 Å². The van der Waals surface area contributed by atoms with E-state index in [1.807, 2.05) is 29.0 Å². The number of hydrogen-bond donors (Lipinski definition) is 2. The number of aromatic nitrogens is 1. The van der Waals surface area contributed by atoms with Gasteiger partial charge in [-0.05, 0) is 53.4 Å². The van der Waals surface area contributed by atoms with Crippen LogP contribution in [0.2, 0.25) is 0 Å². The van der Waals surface area contributed by atoms with E-state index in [9.17, 15) is 4.79 Å². The molecule has 1 saturated carbocycles. The molecule has 5 heteroatoms. The van der Waals surface area contributed by atoms with Gasteiger partial charge in [0.15, 0.2) is 0 Å². The number of carbonyl (C=O) groups is 1. The number of nitrogens with one attached hydrogen (secondary N) is 2. The highest BCUT2D eigenvalue weighted by atomic mass is 79.9. The van der Waals surface area contributed by atoms with Gasteiger partial charge in [-0.2, -0.15) is 0 Å². The second-order valence-electron chi connectivity index (χ2n) is 6.68. The van der Waals surface area contributed by atoms with Crippen molar-refractivity contribution >= 4 is 32.7 Å². The van der Waals surface area contributed by atoms with E-state index >= 15 is 0 Å². The second kappa shape index (κ2) is 8.67. The van der Waals surface area contributed by atoms with Gasteiger partial charge in [-0.25, -0.2) is 0 Å². The summed E-state index contributed by atoms with van der Waals surface area (Å²) in [6.07, 6.45) is 8.84. The number of nitrogens with zero attached hydrogens (tertiary/aromatic N) is 1. The van der Waals surface area contributed by atoms with Crippen molar-refractivity contribution in [1.82, 2.24) is 15.2 Å². The number of para-hydroxylation sites is 1. The summed E-state index contributed by atoms with van der Waals surface area (Å²) in [6, 6.07) is 8.11. The fourth-order valence-corrected chi connectivity index (χ4v) is 4.15. The molecule has 1 fully saturated rings. The Balaban J connectivity index is 1.39. The van der Waals surface area contributed by atoms with Crippen LogP contribution >= 0.6 is 15.9 Å². The van der Waals surface area contributed by atoms with E-state index in [0.717, 1.165) is 34.4 Å². The lowest BCUT2D eigenvalue weighted by molar-refractivity contribution is -0.121. The fraction of sp³-hybridized carbons (Fsp3) is 0.526. The van der Waals surface area contributed by atoms with E-state index < -0.39 is 0 Å². The highest BCUT2D eigenvalue weighted by Crippen LogP contribution is 2.24. The highest BCUT2D eigenvalue weighted by molar-refractivity contribution is 9.10. The summed E-state index contributed by atoms with van der Waals surface area (Å²) in [7, 11) is 0. The minimum Gasteiger partial charge on any atom is -0.353 e. The number of benzene rings is 1. The first-order valence-electron chi connectivity index (χ1n) is 8.95. The average molecular weight is 392 g/mol. The predicted octanol–water partition coefficient (Wildman–Crippen LogP) is 3.69. The fourth-order valence-electron chi connectivity index (χ4n) is 3.54. The maximum Gasteiger partial charge on any atom is 0.239 e. The minimum atomic E-state index is 0.0581. The molecular weight excluding hydrogens is 366 g/mol. The molecule has 3 rings (SSSR count). The van der Waals surface area contributed by atoms with Gasteiger partial charge in [0.2, 0.25) is 5.91 Å². The van der Waals surface area contributed by atoms with Gasteiger partial charge in [-0.3, -0.25) is 4.79 Å². The largest absolute Gasteiger partial charge is 0.353 e. The molecule has 0 spiro atoms. The first-order valence-corrected chi connectivity index (χ1v) is 9.74. The molecule has 0 aliphatic heterocycles. The van der Waals surface area contributed by atoms with Crippen LogP contribution in [-0.2, 0) is 11.3 Å². The lowest BCUT2D eigenvalue weighted by Crippen LogP contribution is -2.35. The molecule has 0 unspecified atom stereocenters. The molecule has 4 nitrogen and oxygen atoms in total. The van der Waals surface area contributed by atoms with E-state index in [0.29, 0.717) is 13.1 Å². The molecule has 0 saturated heterocycles. The molecule has 130 valence electrons. The number of amides is 1. The van der Waals surface area contributed by atoms with Crippen LogP contribution in [0.3, 0.4) is 0 Å². The Labute approximate surface area is 152 Å². The van der Waals surface area contributed by atoms with Gasteiger partial charge < -0.3 is 15.2 Å². The third-order valence-electron chi connectivity index (χ3n) is 4.83. The van der Waals surface area contributed by atoms with Gasteiger partial charge in [0, 0.05) is 29.1 Å². The van der Waals surface area contributed by atoms with Crippen LogP contribution in [0.1, 0.15) is 32.1 Å². The molecule has 2 aromatic rings. The van der Waals surface area contributed by atoms with E-state index in [4.69, 9.17) is 0 Å². The van der Waals surface area contributed by atoms with Crippen LogP contribution in [0, 0.1) is 5.92 Å². The molecular formula is C19H26BrN3O. The molecule has 0 atom stereocenters. The molecule has 1 amide bonds. The molecule has 0 radical (unpaired) electrons. The molecule has 1 heterocycles. The quantitative estimate of drug-likeness (QED) is 0.706. The zero-order valence-corrected chi connectivity index (χ0v) is 15.6. The number of rotatable bonds is 7. The highest BCUT2D eigenvalue weighted by Gasteiger charge is 2.12. The van der Waals surface area contributed by atoms with Gasteiger partial charge in [0.1, 0.15) is 6.54 Å². The Kier molecular flexibility index (Phi) is 6.32. The number of fused-ring (bicyclic) bond motifs is 1. The Morgan fingerprint density at radius 1 is 1.17 bits per heavy atom. The molecule has 1 aliphatic rings. The van der Waals surface area contributed by atoms with Crippen molar-refractivity contribution < 1.29 is 4.79 Å². The summed E-state index contributed by atoms with van der Waals surface area (Å²) < 4.78 is 3.01. The molecule has 1 aromatic carbocycles. The lowest BCUT2D eigenvalue weighted by atomic mass is 9.89. The average Bonchev–Trinajstić information content (AvgIpc) is 3.00. The van der Waals surface area contributed by atoms with E-state index in [1.54, 1.807) is 0 Å². The van der Waals surface area contributed by atoms with Crippen molar-refractivity contribution in [3.8, 4) is 0 Å². The van der Waals surface area contributed by atoms with Crippen LogP contribution in [0.4, 0.5) is 0 Å². The van der Waals surface area contributed by atoms with Crippen LogP contribution in [0.5, 0.6) is 0 Å². The van der Waals surface area contributed by atoms with Gasteiger partial charge in [-0.15, -0.1) is 0 Å². The minimum absolute atomic E-state index is 0.0581. The molecule has 24 heavy (non-hydrogen) atoms. The Bertz CT molecular complexity index is 676. The topological polar surface area (TPSA) is 46.1 Å². The zero-order valence-electron chi connectivity index (χ0n) is 14.1. The normalized spacial score (nSPS) is 15.7. The zero-order chi connectivity index (χ0) is 16.8. The molecule has 1 aromatic heterocycles. The number of hydrogen-bond acceptors (Lipinski definition) is 2. The second-order valence-corrected chi connectivity index (χ2v) is 7.53. The maximum absolute atomic E-state index is 12.2. The maximum atomic E-state index is 12.2. The summed E-state index contributed by atoms with van der Waals surface area (Å²) in [6.45, 7) is 2.98. The molecule has 0 bridgehead atoms. The summed E-state index contributed by atoms with van der Waals surface area (Å²) in [4.78, 5) is 12.2. The van der Waals surface area contributed by atoms with E-state index in [-0.39, 0.29) is 5.91 Å². The first-order chi connectivity index (χ1) is 11.7. The lowest BCUT2D eigenvalue weighted by Gasteiger charge is -2.21. The van der Waals surface area contributed by atoms with Gasteiger partial charge in [0.05, 0.1) is 5.52 Å². The Morgan fingerprint density at radius 2 is 2.00 bits per heavy atom. The number of carbonyl (C=O) groups excluding carboxylic acids is 1.